The Labute approximate surface area is 167 Å². The van der Waals surface area contributed by atoms with Gasteiger partial charge in [0.2, 0.25) is 0 Å². The summed E-state index contributed by atoms with van der Waals surface area (Å²) in [6.07, 6.45) is 1.71. The Morgan fingerprint density at radius 3 is 2.52 bits per heavy atom. The van der Waals surface area contributed by atoms with Gasteiger partial charge in [0.15, 0.2) is 5.82 Å². The van der Waals surface area contributed by atoms with Crippen LogP contribution in [0.25, 0.3) is 17.1 Å². The second-order valence-corrected chi connectivity index (χ2v) is 6.89. The fourth-order valence-electron chi connectivity index (χ4n) is 2.61. The van der Waals surface area contributed by atoms with Crippen LogP contribution in [-0.4, -0.2) is 30.0 Å². The average molecular weight is 441 g/mol. The molecule has 132 valence electrons. The summed E-state index contributed by atoms with van der Waals surface area (Å²) in [5, 5.41) is 26.0. The zero-order chi connectivity index (χ0) is 18.8. The van der Waals surface area contributed by atoms with Crippen molar-refractivity contribution in [2.75, 3.05) is 0 Å². The standard InChI is InChI=1S/C18H11BrClN7/c19-17-16(10-22-27(17)15-7-5-14(20)6-8-15)18-23-24-25-26(18)11-13-3-1-12(9-21)2-4-13/h1-8,10H,11H2. The number of nitrogens with zero attached hydrogens (tertiary/aromatic N) is 7. The number of nitriles is 1. The van der Waals surface area contributed by atoms with Gasteiger partial charge in [0.05, 0.1) is 35.6 Å². The third-order valence-electron chi connectivity index (χ3n) is 3.97. The molecule has 2 heterocycles. The van der Waals surface area contributed by atoms with Crippen LogP contribution >= 0.6 is 27.5 Å². The molecule has 7 nitrogen and oxygen atoms in total. The third kappa shape index (κ3) is 3.47. The van der Waals surface area contributed by atoms with Gasteiger partial charge in [-0.15, -0.1) is 5.10 Å². The fraction of sp³-hybridized carbons (Fsp3) is 0.0556. The van der Waals surface area contributed by atoms with Gasteiger partial charge in [-0.1, -0.05) is 23.7 Å². The highest BCUT2D eigenvalue weighted by atomic mass is 79.9. The van der Waals surface area contributed by atoms with Crippen LogP contribution in [0.4, 0.5) is 0 Å². The van der Waals surface area contributed by atoms with Crippen molar-refractivity contribution in [2.24, 2.45) is 0 Å². The summed E-state index contributed by atoms with van der Waals surface area (Å²) in [5.41, 5.74) is 3.23. The molecule has 0 amide bonds. The minimum Gasteiger partial charge on any atom is -0.226 e. The molecule has 0 saturated carbocycles. The second kappa shape index (κ2) is 7.31. The van der Waals surface area contributed by atoms with E-state index < -0.39 is 0 Å². The van der Waals surface area contributed by atoms with Crippen molar-refractivity contribution < 1.29 is 0 Å². The van der Waals surface area contributed by atoms with Crippen molar-refractivity contribution >= 4 is 27.5 Å². The molecule has 4 rings (SSSR count). The molecule has 2 aromatic carbocycles. The van der Waals surface area contributed by atoms with Gasteiger partial charge in [-0.05, 0) is 68.3 Å². The normalized spacial score (nSPS) is 10.7. The molecule has 0 N–H and O–H groups in total. The topological polar surface area (TPSA) is 85.2 Å². The van der Waals surface area contributed by atoms with Crippen molar-refractivity contribution in [3.8, 4) is 23.1 Å². The van der Waals surface area contributed by atoms with E-state index in [1.54, 1.807) is 39.8 Å². The average Bonchev–Trinajstić information content (AvgIpc) is 3.29. The van der Waals surface area contributed by atoms with E-state index in [0.717, 1.165) is 21.4 Å². The summed E-state index contributed by atoms with van der Waals surface area (Å²) in [7, 11) is 0. The second-order valence-electron chi connectivity index (χ2n) is 5.71. The molecule has 0 aliphatic rings. The first-order valence-electron chi connectivity index (χ1n) is 7.91. The molecule has 4 aromatic rings. The molecule has 9 heteroatoms. The maximum Gasteiger partial charge on any atom is 0.186 e. The summed E-state index contributed by atoms with van der Waals surface area (Å²) in [4.78, 5) is 0. The van der Waals surface area contributed by atoms with Crippen LogP contribution in [0.5, 0.6) is 0 Å². The number of tetrazole rings is 1. The molecule has 0 radical (unpaired) electrons. The van der Waals surface area contributed by atoms with E-state index in [9.17, 15) is 0 Å². The van der Waals surface area contributed by atoms with Crippen LogP contribution in [0, 0.1) is 11.3 Å². The fourth-order valence-corrected chi connectivity index (χ4v) is 3.31. The Morgan fingerprint density at radius 2 is 1.81 bits per heavy atom. The number of hydrogen-bond acceptors (Lipinski definition) is 5. The molecule has 0 atom stereocenters. The van der Waals surface area contributed by atoms with E-state index in [-0.39, 0.29) is 0 Å². The molecule has 0 fully saturated rings. The van der Waals surface area contributed by atoms with E-state index in [1.165, 1.54) is 0 Å². The number of halogens is 2. The maximum absolute atomic E-state index is 8.91. The van der Waals surface area contributed by atoms with Crippen LogP contribution in [-0.2, 0) is 6.54 Å². The zero-order valence-corrected chi connectivity index (χ0v) is 16.1. The summed E-state index contributed by atoms with van der Waals surface area (Å²) < 4.78 is 4.17. The number of aromatic nitrogens is 6. The monoisotopic (exact) mass is 439 g/mol. The van der Waals surface area contributed by atoms with Crippen molar-refractivity contribution in [3.05, 3.63) is 75.5 Å². The Morgan fingerprint density at radius 1 is 1.07 bits per heavy atom. The first-order valence-corrected chi connectivity index (χ1v) is 9.08. The zero-order valence-electron chi connectivity index (χ0n) is 13.8. The first-order chi connectivity index (χ1) is 13.2. The molecular formula is C18H11BrClN7. The van der Waals surface area contributed by atoms with E-state index in [1.807, 2.05) is 24.3 Å². The summed E-state index contributed by atoms with van der Waals surface area (Å²) in [6, 6.07) is 16.8. The smallest absolute Gasteiger partial charge is 0.186 e. The maximum atomic E-state index is 8.91. The van der Waals surface area contributed by atoms with Crippen molar-refractivity contribution in [1.29, 1.82) is 5.26 Å². The van der Waals surface area contributed by atoms with Gasteiger partial charge in [0.1, 0.15) is 4.60 Å². The molecule has 2 aromatic heterocycles. The predicted molar refractivity (Wildman–Crippen MR) is 103 cm³/mol. The summed E-state index contributed by atoms with van der Waals surface area (Å²) >= 11 is 9.54. The van der Waals surface area contributed by atoms with Crippen LogP contribution in [0.3, 0.4) is 0 Å². The van der Waals surface area contributed by atoms with Gasteiger partial charge >= 0.3 is 0 Å². The minimum absolute atomic E-state index is 0.479. The van der Waals surface area contributed by atoms with Crippen molar-refractivity contribution in [2.45, 2.75) is 6.54 Å². The van der Waals surface area contributed by atoms with E-state index in [0.29, 0.717) is 23.0 Å². The highest BCUT2D eigenvalue weighted by Gasteiger charge is 2.18. The number of rotatable bonds is 4. The SMILES string of the molecule is N#Cc1ccc(Cn2nnnc2-c2cnn(-c3ccc(Cl)cc3)c2Br)cc1. The van der Waals surface area contributed by atoms with Crippen LogP contribution in [0.15, 0.2) is 59.3 Å². The molecule has 0 aliphatic carbocycles. The molecular weight excluding hydrogens is 430 g/mol. The highest BCUT2D eigenvalue weighted by Crippen LogP contribution is 2.29. The summed E-state index contributed by atoms with van der Waals surface area (Å²) in [5.74, 6) is 0.589. The van der Waals surface area contributed by atoms with Gasteiger partial charge < -0.3 is 0 Å². The Bertz CT molecular complexity index is 1120. The molecule has 0 spiro atoms. The highest BCUT2D eigenvalue weighted by molar-refractivity contribution is 9.10. The van der Waals surface area contributed by atoms with Gasteiger partial charge in [0.25, 0.3) is 0 Å². The van der Waals surface area contributed by atoms with Crippen LogP contribution < -0.4 is 0 Å². The van der Waals surface area contributed by atoms with E-state index in [4.69, 9.17) is 16.9 Å². The lowest BCUT2D eigenvalue weighted by atomic mass is 10.1. The van der Waals surface area contributed by atoms with Gasteiger partial charge in [-0.25, -0.2) is 9.36 Å². The van der Waals surface area contributed by atoms with Crippen LogP contribution in [0.1, 0.15) is 11.1 Å². The van der Waals surface area contributed by atoms with E-state index >= 15 is 0 Å². The van der Waals surface area contributed by atoms with Gasteiger partial charge in [0, 0.05) is 5.02 Å². The third-order valence-corrected chi connectivity index (χ3v) is 4.98. The lowest BCUT2D eigenvalue weighted by Gasteiger charge is -2.06. The van der Waals surface area contributed by atoms with Crippen molar-refractivity contribution in [1.82, 2.24) is 30.0 Å². The van der Waals surface area contributed by atoms with Crippen molar-refractivity contribution in [3.63, 3.8) is 0 Å². The molecule has 0 unspecified atom stereocenters. The Hall–Kier alpha value is -3.02. The first kappa shape index (κ1) is 17.4. The van der Waals surface area contributed by atoms with E-state index in [2.05, 4.69) is 42.6 Å². The quantitative estimate of drug-likeness (QED) is 0.481. The lowest BCUT2D eigenvalue weighted by Crippen LogP contribution is -2.04. The molecule has 27 heavy (non-hydrogen) atoms. The minimum atomic E-state index is 0.479. The Kier molecular flexibility index (Phi) is 4.71. The number of benzene rings is 2. The molecule has 0 bridgehead atoms. The Balaban J connectivity index is 1.66. The number of hydrogen-bond donors (Lipinski definition) is 0. The summed E-state index contributed by atoms with van der Waals surface area (Å²) in [6.45, 7) is 0.479. The predicted octanol–water partition coefficient (Wildman–Crippen LogP) is 3.86. The van der Waals surface area contributed by atoms with Gasteiger partial charge in [-0.3, -0.25) is 0 Å². The largest absolute Gasteiger partial charge is 0.226 e. The molecule has 0 saturated heterocycles. The molecule has 0 aliphatic heterocycles. The lowest BCUT2D eigenvalue weighted by molar-refractivity contribution is 0.653. The van der Waals surface area contributed by atoms with Gasteiger partial charge in [-0.2, -0.15) is 10.4 Å². The van der Waals surface area contributed by atoms with Crippen LogP contribution in [0.2, 0.25) is 5.02 Å².